The van der Waals surface area contributed by atoms with Gasteiger partial charge in [0.1, 0.15) is 18.0 Å². The maximum atomic E-state index is 12.9. The largest absolute Gasteiger partial charge is 0.416 e. The summed E-state index contributed by atoms with van der Waals surface area (Å²) in [6.45, 7) is 5.84. The molecule has 4 rings (SSSR count). The number of nitrogens with one attached hydrogen (secondary N) is 1. The highest BCUT2D eigenvalue weighted by atomic mass is 19.4. The zero-order valence-electron chi connectivity index (χ0n) is 17.8. The van der Waals surface area contributed by atoms with Crippen molar-refractivity contribution in [3.05, 3.63) is 42.2 Å². The van der Waals surface area contributed by atoms with Gasteiger partial charge in [0.05, 0.1) is 5.56 Å². The van der Waals surface area contributed by atoms with E-state index in [0.29, 0.717) is 26.2 Å². The van der Waals surface area contributed by atoms with Gasteiger partial charge in [0.15, 0.2) is 0 Å². The highest BCUT2D eigenvalue weighted by Gasteiger charge is 2.31. The van der Waals surface area contributed by atoms with E-state index < -0.39 is 17.8 Å². The van der Waals surface area contributed by atoms with Gasteiger partial charge in [-0.3, -0.25) is 0 Å². The zero-order chi connectivity index (χ0) is 22.7. The summed E-state index contributed by atoms with van der Waals surface area (Å²) >= 11 is 0. The lowest BCUT2D eigenvalue weighted by Gasteiger charge is -2.36. The average Bonchev–Trinajstić information content (AvgIpc) is 2.79. The van der Waals surface area contributed by atoms with Gasteiger partial charge in [0.25, 0.3) is 0 Å². The molecule has 172 valence electrons. The molecule has 1 aromatic carbocycles. The van der Waals surface area contributed by atoms with Gasteiger partial charge in [-0.25, -0.2) is 14.8 Å². The normalized spacial score (nSPS) is 18.1. The minimum Gasteiger partial charge on any atom is -0.354 e. The van der Waals surface area contributed by atoms with Crippen LogP contribution in [0.2, 0.25) is 0 Å². The van der Waals surface area contributed by atoms with Gasteiger partial charge in [-0.1, -0.05) is 6.07 Å². The molecule has 2 saturated heterocycles. The smallest absolute Gasteiger partial charge is 0.354 e. The second-order valence-electron chi connectivity index (χ2n) is 8.01. The van der Waals surface area contributed by atoms with Gasteiger partial charge in [0, 0.05) is 64.1 Å². The molecule has 0 saturated carbocycles. The van der Waals surface area contributed by atoms with Crippen molar-refractivity contribution < 1.29 is 18.0 Å². The molecule has 0 aliphatic carbocycles. The van der Waals surface area contributed by atoms with Gasteiger partial charge < -0.3 is 24.9 Å². The molecule has 0 spiro atoms. The van der Waals surface area contributed by atoms with Crippen molar-refractivity contribution in [3.8, 4) is 0 Å². The first-order valence-corrected chi connectivity index (χ1v) is 10.5. The molecule has 1 N–H and O–H groups in total. The quantitative estimate of drug-likeness (QED) is 0.777. The molecule has 2 aliphatic heterocycles. The maximum absolute atomic E-state index is 12.9. The first-order chi connectivity index (χ1) is 15.3. The van der Waals surface area contributed by atoms with Crippen LogP contribution in [0.3, 0.4) is 0 Å². The van der Waals surface area contributed by atoms with Gasteiger partial charge >= 0.3 is 12.2 Å². The molecule has 1 aromatic heterocycles. The van der Waals surface area contributed by atoms with Crippen LogP contribution in [-0.4, -0.2) is 85.2 Å². The van der Waals surface area contributed by atoms with Crippen LogP contribution in [0.5, 0.6) is 0 Å². The molecule has 32 heavy (non-hydrogen) atoms. The number of piperazine rings is 2. The number of hydrogen-bond donors (Lipinski definition) is 1. The molecule has 8 nitrogen and oxygen atoms in total. The third-order valence-electron chi connectivity index (χ3n) is 5.80. The van der Waals surface area contributed by atoms with Gasteiger partial charge in [0.2, 0.25) is 0 Å². The molecule has 0 bridgehead atoms. The van der Waals surface area contributed by atoms with E-state index in [4.69, 9.17) is 0 Å². The van der Waals surface area contributed by atoms with Crippen LogP contribution < -0.4 is 15.1 Å². The molecule has 11 heteroatoms. The van der Waals surface area contributed by atoms with Crippen LogP contribution in [0.25, 0.3) is 0 Å². The maximum Gasteiger partial charge on any atom is 0.416 e. The number of halogens is 3. The second kappa shape index (κ2) is 9.19. The fourth-order valence-corrected chi connectivity index (χ4v) is 3.83. The molecule has 2 fully saturated rings. The Morgan fingerprint density at radius 2 is 1.50 bits per heavy atom. The molecule has 3 heterocycles. The number of carbonyl (C=O) groups is 1. The third-order valence-corrected chi connectivity index (χ3v) is 5.80. The molecular weight excluding hydrogens is 423 g/mol. The molecule has 2 aromatic rings. The highest BCUT2D eigenvalue weighted by molar-refractivity contribution is 5.89. The summed E-state index contributed by atoms with van der Waals surface area (Å²) in [5.41, 5.74) is -0.667. The number of nitrogens with zero attached hydrogens (tertiary/aromatic N) is 6. The second-order valence-corrected chi connectivity index (χ2v) is 8.01. The van der Waals surface area contributed by atoms with E-state index in [2.05, 4.69) is 37.0 Å². The highest BCUT2D eigenvalue weighted by Crippen LogP contribution is 2.30. The van der Waals surface area contributed by atoms with E-state index in [1.165, 1.54) is 12.1 Å². The minimum atomic E-state index is -4.45. The number of aromatic nitrogens is 2. The summed E-state index contributed by atoms with van der Waals surface area (Å²) in [6.07, 6.45) is -2.89. The number of rotatable bonds is 3. The number of carbonyl (C=O) groups excluding carboxylic acids is 1. The van der Waals surface area contributed by atoms with Crippen LogP contribution in [0.4, 0.5) is 35.3 Å². The Bertz CT molecular complexity index is 939. The lowest BCUT2D eigenvalue weighted by molar-refractivity contribution is -0.137. The van der Waals surface area contributed by atoms with Gasteiger partial charge in [-0.05, 0) is 25.2 Å². The summed E-state index contributed by atoms with van der Waals surface area (Å²) in [5.74, 6) is 1.71. The number of amides is 2. The van der Waals surface area contributed by atoms with Crippen LogP contribution in [-0.2, 0) is 6.18 Å². The Labute approximate surface area is 184 Å². The average molecular weight is 449 g/mol. The van der Waals surface area contributed by atoms with Crippen LogP contribution in [0.1, 0.15) is 5.56 Å². The Morgan fingerprint density at radius 1 is 0.906 bits per heavy atom. The van der Waals surface area contributed by atoms with Crippen molar-refractivity contribution in [2.24, 2.45) is 0 Å². The Kier molecular flexibility index (Phi) is 6.35. The van der Waals surface area contributed by atoms with Crippen molar-refractivity contribution >= 4 is 23.4 Å². The monoisotopic (exact) mass is 449 g/mol. The van der Waals surface area contributed by atoms with Crippen LogP contribution in [0, 0.1) is 0 Å². The van der Waals surface area contributed by atoms with Crippen molar-refractivity contribution in [2.45, 2.75) is 6.18 Å². The number of hydrogen-bond acceptors (Lipinski definition) is 6. The lowest BCUT2D eigenvalue weighted by atomic mass is 10.2. The predicted molar refractivity (Wildman–Crippen MR) is 116 cm³/mol. The Morgan fingerprint density at radius 3 is 2.09 bits per heavy atom. The minimum absolute atomic E-state index is 0.125. The standard InChI is InChI=1S/C21H26F3N7O/c1-28-5-7-29(8-6-28)18-14-19(26-15-25-18)30-9-11-31(12-10-30)20(32)27-17-4-2-3-16(13-17)21(22,23)24/h2-4,13-15H,5-12H2,1H3,(H,27,32). The number of alkyl halides is 3. The first kappa shape index (κ1) is 22.1. The number of anilines is 3. The summed E-state index contributed by atoms with van der Waals surface area (Å²) in [7, 11) is 2.10. The SMILES string of the molecule is CN1CCN(c2cc(N3CCN(C(=O)Nc4cccc(C(F)(F)F)c4)CC3)ncn2)CC1. The van der Waals surface area contributed by atoms with Crippen LogP contribution >= 0.6 is 0 Å². The Hall–Kier alpha value is -3.08. The first-order valence-electron chi connectivity index (χ1n) is 10.5. The topological polar surface area (TPSA) is 67.8 Å². The van der Waals surface area contributed by atoms with Crippen molar-refractivity contribution in [3.63, 3.8) is 0 Å². The van der Waals surface area contributed by atoms with E-state index in [1.807, 2.05) is 6.07 Å². The Balaban J connectivity index is 1.33. The lowest BCUT2D eigenvalue weighted by Crippen LogP contribution is -2.50. The van der Waals surface area contributed by atoms with Crippen molar-refractivity contribution in [2.75, 3.05) is 74.5 Å². The molecule has 0 radical (unpaired) electrons. The number of urea groups is 1. The molecule has 2 amide bonds. The van der Waals surface area contributed by atoms with Gasteiger partial charge in [-0.2, -0.15) is 13.2 Å². The van der Waals surface area contributed by atoms with E-state index in [-0.39, 0.29) is 5.69 Å². The molecule has 0 atom stereocenters. The molecule has 2 aliphatic rings. The van der Waals surface area contributed by atoms with Crippen molar-refractivity contribution in [1.82, 2.24) is 19.8 Å². The summed E-state index contributed by atoms with van der Waals surface area (Å²) in [6, 6.07) is 6.21. The third kappa shape index (κ3) is 5.21. The fraction of sp³-hybridized carbons (Fsp3) is 0.476. The van der Waals surface area contributed by atoms with Gasteiger partial charge in [-0.15, -0.1) is 0 Å². The van der Waals surface area contributed by atoms with E-state index in [0.717, 1.165) is 49.9 Å². The van der Waals surface area contributed by atoms with E-state index in [9.17, 15) is 18.0 Å². The predicted octanol–water partition coefficient (Wildman–Crippen LogP) is 2.60. The van der Waals surface area contributed by atoms with E-state index in [1.54, 1.807) is 11.2 Å². The van der Waals surface area contributed by atoms with E-state index >= 15 is 0 Å². The summed E-state index contributed by atoms with van der Waals surface area (Å²) in [4.78, 5) is 29.6. The fourth-order valence-electron chi connectivity index (χ4n) is 3.83. The zero-order valence-corrected chi connectivity index (χ0v) is 17.8. The number of likely N-dealkylation sites (N-methyl/N-ethyl adjacent to an activating group) is 1. The molecule has 0 unspecified atom stereocenters. The molecular formula is C21H26F3N7O. The summed E-state index contributed by atoms with van der Waals surface area (Å²) in [5, 5.41) is 2.57. The number of benzene rings is 1. The summed E-state index contributed by atoms with van der Waals surface area (Å²) < 4.78 is 38.7. The van der Waals surface area contributed by atoms with Crippen molar-refractivity contribution in [1.29, 1.82) is 0 Å². The van der Waals surface area contributed by atoms with Crippen LogP contribution in [0.15, 0.2) is 36.7 Å².